The van der Waals surface area contributed by atoms with E-state index in [0.29, 0.717) is 59.5 Å². The van der Waals surface area contributed by atoms with Gasteiger partial charge in [-0.3, -0.25) is 0 Å². The van der Waals surface area contributed by atoms with Crippen molar-refractivity contribution in [2.75, 3.05) is 59.5 Å². The van der Waals surface area contributed by atoms with Gasteiger partial charge in [-0.1, -0.05) is 0 Å². The minimum Gasteiger partial charge on any atom is -0.374 e. The van der Waals surface area contributed by atoms with Gasteiger partial charge in [-0.05, 0) is 62.3 Å². The minimum absolute atomic E-state index is 0.655. The molecule has 0 fully saturated rings. The van der Waals surface area contributed by atoms with Gasteiger partial charge < -0.3 is 39.8 Å². The molecule has 0 aromatic heterocycles. The van der Waals surface area contributed by atoms with Crippen molar-refractivity contribution in [3.05, 3.63) is 0 Å². The van der Waals surface area contributed by atoms with Gasteiger partial charge >= 0.3 is 26.4 Å². The van der Waals surface area contributed by atoms with Crippen LogP contribution in [0.15, 0.2) is 0 Å². The second-order valence-electron chi connectivity index (χ2n) is 6.48. The predicted molar refractivity (Wildman–Crippen MR) is 139 cm³/mol. The molecule has 0 atom stereocenters. The van der Waals surface area contributed by atoms with Gasteiger partial charge in [-0.15, -0.1) is 0 Å². The molecule has 0 aliphatic heterocycles. The first kappa shape index (κ1) is 37.8. The van der Waals surface area contributed by atoms with Crippen LogP contribution in [0.3, 0.4) is 0 Å². The Morgan fingerprint density at radius 3 is 0.424 bits per heavy atom. The molecule has 0 spiro atoms. The average Bonchev–Trinajstić information content (AvgIpc) is 2.70. The zero-order chi connectivity index (χ0) is 26.2. The summed E-state index contributed by atoms with van der Waals surface area (Å²) in [5, 5.41) is 0. The van der Waals surface area contributed by atoms with E-state index in [2.05, 4.69) is 0 Å². The molecule has 33 heavy (non-hydrogen) atoms. The molecule has 204 valence electrons. The van der Waals surface area contributed by atoms with Crippen molar-refractivity contribution in [3.63, 3.8) is 0 Å². The summed E-state index contributed by atoms with van der Waals surface area (Å²) in [6.45, 7) is 29.2. The number of hydrogen-bond acceptors (Lipinski definition) is 9. The first-order valence-electron chi connectivity index (χ1n) is 12.3. The topological polar surface area (TPSA) is 83.1 Å². The molecule has 0 saturated carbocycles. The zero-order valence-corrected chi connectivity index (χ0v) is 26.5. The Morgan fingerprint density at radius 1 is 0.273 bits per heavy atom. The molecule has 0 aromatic carbocycles. The third kappa shape index (κ3) is 22.5. The van der Waals surface area contributed by atoms with Gasteiger partial charge in [0.25, 0.3) is 0 Å². The van der Waals surface area contributed by atoms with Gasteiger partial charge in [-0.25, -0.2) is 0 Å². The summed E-state index contributed by atoms with van der Waals surface area (Å²) in [6, 6.07) is 0. The lowest BCUT2D eigenvalue weighted by Crippen LogP contribution is -2.42. The Labute approximate surface area is 207 Å². The molecule has 0 unspecified atom stereocenters. The molecule has 0 bridgehead atoms. The summed E-state index contributed by atoms with van der Waals surface area (Å²) in [4.78, 5) is 0. The molecule has 0 amide bonds. The summed E-state index contributed by atoms with van der Waals surface area (Å²) >= 11 is 0. The fraction of sp³-hybridized carbons (Fsp3) is 1.00. The van der Waals surface area contributed by atoms with Crippen LogP contribution in [0.25, 0.3) is 0 Å². The van der Waals surface area contributed by atoms with Gasteiger partial charge in [0, 0.05) is 79.1 Å². The van der Waals surface area contributed by atoms with E-state index >= 15 is 0 Å². The summed E-state index contributed by atoms with van der Waals surface area (Å²) < 4.78 is 48.6. The fourth-order valence-corrected chi connectivity index (χ4v) is 8.20. The Balaban J connectivity index is -0.000000409. The quantitative estimate of drug-likeness (QED) is 0.226. The van der Waals surface area contributed by atoms with Crippen LogP contribution in [0.2, 0.25) is 19.6 Å². The van der Waals surface area contributed by atoms with Crippen LogP contribution in [0.1, 0.15) is 62.3 Å². The van der Waals surface area contributed by atoms with Crippen LogP contribution < -0.4 is 0 Å². The highest BCUT2D eigenvalue weighted by atomic mass is 28.4. The Hall–Kier alpha value is 0.291. The maximum absolute atomic E-state index is 5.40. The second kappa shape index (κ2) is 24.0. The summed E-state index contributed by atoms with van der Waals surface area (Å²) in [6.07, 6.45) is 0. The Bertz CT molecular complexity index is 299. The van der Waals surface area contributed by atoms with Crippen LogP contribution in [0.4, 0.5) is 0 Å². The largest absolute Gasteiger partial charge is 0.497 e. The maximum atomic E-state index is 5.40. The predicted octanol–water partition coefficient (Wildman–Crippen LogP) is 4.99. The van der Waals surface area contributed by atoms with Gasteiger partial charge in [0.1, 0.15) is 0 Å². The normalized spacial score (nSPS) is 12.0. The Morgan fingerprint density at radius 2 is 0.364 bits per heavy atom. The minimum atomic E-state index is -2.25. The lowest BCUT2D eigenvalue weighted by atomic mass is 10.9. The highest BCUT2D eigenvalue weighted by Gasteiger charge is 2.34. The summed E-state index contributed by atoms with van der Waals surface area (Å²) in [5.74, 6) is 0. The molecular formula is C21H54O9Si3. The van der Waals surface area contributed by atoms with Gasteiger partial charge in [0.05, 0.1) is 0 Å². The van der Waals surface area contributed by atoms with Crippen LogP contribution in [-0.2, 0) is 39.8 Å². The van der Waals surface area contributed by atoms with Crippen LogP contribution in [0, 0.1) is 0 Å². The highest BCUT2D eigenvalue weighted by Crippen LogP contribution is 2.09. The van der Waals surface area contributed by atoms with Crippen molar-refractivity contribution in [2.24, 2.45) is 0 Å². The van der Waals surface area contributed by atoms with E-state index in [1.807, 2.05) is 82.0 Å². The SMILES string of the molecule is CCO[Si](C)(OCC)OCC.CCO[Si](C)(OCC)OCC.CCO[Si](C)(OCC)OCC. The lowest BCUT2D eigenvalue weighted by molar-refractivity contribution is 0.0774. The second-order valence-corrected chi connectivity index (χ2v) is 14.3. The van der Waals surface area contributed by atoms with Crippen molar-refractivity contribution in [1.82, 2.24) is 0 Å². The van der Waals surface area contributed by atoms with E-state index in [9.17, 15) is 0 Å². The van der Waals surface area contributed by atoms with Crippen molar-refractivity contribution < 1.29 is 39.8 Å². The molecular weight excluding hydrogens is 480 g/mol. The Kier molecular flexibility index (Phi) is 27.5. The zero-order valence-electron chi connectivity index (χ0n) is 23.5. The van der Waals surface area contributed by atoms with E-state index in [1.165, 1.54) is 0 Å². The molecule has 0 radical (unpaired) electrons. The first-order valence-corrected chi connectivity index (χ1v) is 19.0. The van der Waals surface area contributed by atoms with Crippen LogP contribution >= 0.6 is 0 Å². The van der Waals surface area contributed by atoms with Crippen molar-refractivity contribution in [3.8, 4) is 0 Å². The third-order valence-corrected chi connectivity index (χ3v) is 11.0. The molecule has 0 heterocycles. The molecule has 0 aliphatic rings. The van der Waals surface area contributed by atoms with E-state index in [4.69, 9.17) is 39.8 Å². The number of rotatable bonds is 18. The molecule has 0 aliphatic carbocycles. The van der Waals surface area contributed by atoms with E-state index in [0.717, 1.165) is 0 Å². The highest BCUT2D eigenvalue weighted by molar-refractivity contribution is 6.59. The smallest absolute Gasteiger partial charge is 0.374 e. The van der Waals surface area contributed by atoms with Gasteiger partial charge in [0.15, 0.2) is 0 Å². The van der Waals surface area contributed by atoms with Crippen molar-refractivity contribution >= 4 is 26.4 Å². The standard InChI is InChI=1S/3C7H18O3Si/c3*1-5-8-11(4,9-6-2)10-7-3/h3*5-7H2,1-4H3. The monoisotopic (exact) mass is 534 g/mol. The van der Waals surface area contributed by atoms with Gasteiger partial charge in [-0.2, -0.15) is 0 Å². The molecule has 0 rings (SSSR count). The van der Waals surface area contributed by atoms with E-state index in [1.54, 1.807) is 0 Å². The average molecular weight is 535 g/mol. The molecule has 12 heteroatoms. The van der Waals surface area contributed by atoms with E-state index in [-0.39, 0.29) is 0 Å². The van der Waals surface area contributed by atoms with Crippen LogP contribution in [-0.4, -0.2) is 85.9 Å². The first-order chi connectivity index (χ1) is 15.5. The summed E-state index contributed by atoms with van der Waals surface area (Å²) in [5.41, 5.74) is 0. The third-order valence-electron chi connectivity index (χ3n) is 3.66. The lowest BCUT2D eigenvalue weighted by Gasteiger charge is -2.23. The fourth-order valence-electron chi connectivity index (χ4n) is 2.73. The molecule has 0 saturated heterocycles. The molecule has 0 aromatic rings. The van der Waals surface area contributed by atoms with Gasteiger partial charge in [0.2, 0.25) is 0 Å². The molecule has 0 N–H and O–H groups in total. The van der Waals surface area contributed by atoms with Crippen molar-refractivity contribution in [2.45, 2.75) is 82.0 Å². The summed E-state index contributed by atoms with van der Waals surface area (Å²) in [7, 11) is -6.75. The molecule has 9 nitrogen and oxygen atoms in total. The number of hydrogen-bond donors (Lipinski definition) is 0. The van der Waals surface area contributed by atoms with Crippen LogP contribution in [0.5, 0.6) is 0 Å². The maximum Gasteiger partial charge on any atom is 0.497 e. The van der Waals surface area contributed by atoms with Crippen molar-refractivity contribution in [1.29, 1.82) is 0 Å². The van der Waals surface area contributed by atoms with E-state index < -0.39 is 26.4 Å².